The molecule has 0 aliphatic carbocycles. The van der Waals surface area contributed by atoms with Crippen molar-refractivity contribution in [1.29, 1.82) is 0 Å². The van der Waals surface area contributed by atoms with Crippen molar-refractivity contribution >= 4 is 5.78 Å². The van der Waals surface area contributed by atoms with Crippen LogP contribution in [0.1, 0.15) is 6.92 Å². The summed E-state index contributed by atoms with van der Waals surface area (Å²) in [6.07, 6.45) is -12.6. The van der Waals surface area contributed by atoms with Crippen LogP contribution in [0.25, 0.3) is 0 Å². The highest BCUT2D eigenvalue weighted by Crippen LogP contribution is 2.38. The van der Waals surface area contributed by atoms with Crippen molar-refractivity contribution in [2.75, 3.05) is 19.8 Å². The Kier molecular flexibility index (Phi) is 6.37. The third-order valence-corrected chi connectivity index (χ3v) is 4.79. The summed E-state index contributed by atoms with van der Waals surface area (Å²) in [5.74, 6) is -3.31. The van der Waals surface area contributed by atoms with E-state index in [-0.39, 0.29) is 0 Å². The van der Waals surface area contributed by atoms with E-state index in [4.69, 9.17) is 19.3 Å². The topological polar surface area (TPSA) is 207 Å². The van der Waals surface area contributed by atoms with E-state index in [1.54, 1.807) is 0 Å². The molecule has 0 aromatic carbocycles. The molecule has 152 valence electrons. The molecule has 2 heterocycles. The van der Waals surface area contributed by atoms with Gasteiger partial charge in [-0.3, -0.25) is 4.79 Å². The highest BCUT2D eigenvalue weighted by Gasteiger charge is 2.62. The van der Waals surface area contributed by atoms with Crippen molar-refractivity contribution in [3.8, 4) is 0 Å². The van der Waals surface area contributed by atoms with Crippen molar-refractivity contribution in [1.82, 2.24) is 0 Å². The quantitative estimate of drug-likeness (QED) is 0.216. The van der Waals surface area contributed by atoms with Gasteiger partial charge in [-0.15, -0.1) is 0 Å². The molecule has 1 unspecified atom stereocenters. The SMILES string of the molecule is CC(=O)[C@]1(O)[C@H](O)[C@@H](O)[C@@H](OC2(CO)O[C@H](CO)[C@@H](O)[C@@H]2O)O[C@@H]1CO. The fourth-order valence-electron chi connectivity index (χ4n) is 3.13. The first kappa shape index (κ1) is 21.5. The van der Waals surface area contributed by atoms with Gasteiger partial charge in [0.25, 0.3) is 0 Å². The van der Waals surface area contributed by atoms with Gasteiger partial charge in [-0.2, -0.15) is 0 Å². The molecule has 0 aromatic rings. The minimum atomic E-state index is -2.62. The smallest absolute Gasteiger partial charge is 0.224 e. The molecule has 2 fully saturated rings. The number of ether oxygens (including phenoxy) is 3. The van der Waals surface area contributed by atoms with Gasteiger partial charge in [0.05, 0.1) is 13.2 Å². The van der Waals surface area contributed by atoms with Crippen LogP contribution in [0.2, 0.25) is 0 Å². The van der Waals surface area contributed by atoms with Crippen LogP contribution in [-0.2, 0) is 19.0 Å². The van der Waals surface area contributed by atoms with Crippen molar-refractivity contribution < 1.29 is 59.9 Å². The van der Waals surface area contributed by atoms with Gasteiger partial charge in [-0.1, -0.05) is 0 Å². The van der Waals surface area contributed by atoms with Crippen molar-refractivity contribution in [2.45, 2.75) is 61.2 Å². The van der Waals surface area contributed by atoms with Crippen LogP contribution in [0, 0.1) is 0 Å². The lowest BCUT2D eigenvalue weighted by Gasteiger charge is -2.48. The summed E-state index contributed by atoms with van der Waals surface area (Å²) in [4.78, 5) is 11.7. The summed E-state index contributed by atoms with van der Waals surface area (Å²) >= 11 is 0. The number of carbonyl (C=O) groups excluding carboxylic acids is 1. The first-order valence-electron chi connectivity index (χ1n) is 7.88. The third kappa shape index (κ3) is 3.16. The standard InChI is InChI=1S/C14H24O12/c1-5(18)14(23)7(3-16)24-12(9(20)11(14)22)26-13(4-17)10(21)8(19)6(2-15)25-13/h6-12,15-17,19-23H,2-4H2,1H3/t6-,7-,8-,9-,10+,11-,12-,13?,14-/m1/s1. The summed E-state index contributed by atoms with van der Waals surface area (Å²) < 4.78 is 15.5. The molecule has 0 saturated carbocycles. The molecular formula is C14H24O12. The van der Waals surface area contributed by atoms with E-state index >= 15 is 0 Å². The van der Waals surface area contributed by atoms with Gasteiger partial charge in [0, 0.05) is 0 Å². The predicted octanol–water partition coefficient (Wildman–Crippen LogP) is -5.44. The maximum atomic E-state index is 11.7. The number of carbonyl (C=O) groups is 1. The second-order valence-electron chi connectivity index (χ2n) is 6.35. The molecule has 2 rings (SSSR count). The normalized spacial score (nSPS) is 49.3. The number of rotatable bonds is 6. The summed E-state index contributed by atoms with van der Waals surface area (Å²) in [5.41, 5.74) is -2.62. The molecule has 8 N–H and O–H groups in total. The van der Waals surface area contributed by atoms with Gasteiger partial charge >= 0.3 is 0 Å². The van der Waals surface area contributed by atoms with Gasteiger partial charge < -0.3 is 55.1 Å². The van der Waals surface area contributed by atoms with E-state index in [1.807, 2.05) is 0 Å². The average molecular weight is 384 g/mol. The Morgan fingerprint density at radius 3 is 2.08 bits per heavy atom. The fourth-order valence-corrected chi connectivity index (χ4v) is 3.13. The number of Topliss-reactive ketones (excluding diaryl/α,β-unsaturated/α-hetero) is 1. The molecule has 12 nitrogen and oxygen atoms in total. The van der Waals surface area contributed by atoms with Gasteiger partial charge in [0.2, 0.25) is 5.79 Å². The Morgan fingerprint density at radius 2 is 1.65 bits per heavy atom. The second kappa shape index (κ2) is 7.69. The van der Waals surface area contributed by atoms with E-state index in [0.29, 0.717) is 0 Å². The Labute approximate surface area is 147 Å². The minimum Gasteiger partial charge on any atom is -0.394 e. The van der Waals surface area contributed by atoms with Gasteiger partial charge in [-0.25, -0.2) is 0 Å². The minimum absolute atomic E-state index is 0.719. The van der Waals surface area contributed by atoms with E-state index in [2.05, 4.69) is 0 Å². The van der Waals surface area contributed by atoms with Crippen LogP contribution in [0.3, 0.4) is 0 Å². The van der Waals surface area contributed by atoms with Crippen molar-refractivity contribution in [3.63, 3.8) is 0 Å². The molecular weight excluding hydrogens is 360 g/mol. The lowest BCUT2D eigenvalue weighted by molar-refractivity contribution is -0.391. The molecule has 0 spiro atoms. The molecule has 0 bridgehead atoms. The lowest BCUT2D eigenvalue weighted by Crippen LogP contribution is -2.71. The van der Waals surface area contributed by atoms with Gasteiger partial charge in [-0.05, 0) is 6.92 Å². The lowest BCUT2D eigenvalue weighted by atomic mass is 9.81. The Balaban J connectivity index is 2.28. The molecule has 12 heteroatoms. The zero-order chi connectivity index (χ0) is 19.9. The molecule has 26 heavy (non-hydrogen) atoms. The monoisotopic (exact) mass is 384 g/mol. The van der Waals surface area contributed by atoms with Crippen LogP contribution < -0.4 is 0 Å². The molecule has 0 aromatic heterocycles. The van der Waals surface area contributed by atoms with E-state index in [0.717, 1.165) is 6.92 Å². The second-order valence-corrected chi connectivity index (χ2v) is 6.35. The van der Waals surface area contributed by atoms with Crippen LogP contribution in [0.5, 0.6) is 0 Å². The van der Waals surface area contributed by atoms with Gasteiger partial charge in [0.15, 0.2) is 17.7 Å². The number of ketones is 1. The van der Waals surface area contributed by atoms with Crippen molar-refractivity contribution in [3.05, 3.63) is 0 Å². The van der Waals surface area contributed by atoms with Crippen LogP contribution in [-0.4, -0.2) is 121 Å². The zero-order valence-electron chi connectivity index (χ0n) is 13.9. The third-order valence-electron chi connectivity index (χ3n) is 4.79. The van der Waals surface area contributed by atoms with Crippen LogP contribution >= 0.6 is 0 Å². The first-order chi connectivity index (χ1) is 12.1. The van der Waals surface area contributed by atoms with Gasteiger partial charge in [0.1, 0.15) is 43.2 Å². The first-order valence-corrected chi connectivity index (χ1v) is 7.88. The highest BCUT2D eigenvalue weighted by molar-refractivity contribution is 5.86. The largest absolute Gasteiger partial charge is 0.394 e. The van der Waals surface area contributed by atoms with Crippen LogP contribution in [0.4, 0.5) is 0 Å². The van der Waals surface area contributed by atoms with Crippen molar-refractivity contribution in [2.24, 2.45) is 0 Å². The Bertz CT molecular complexity index is 512. The summed E-state index contributed by atoms with van der Waals surface area (Å²) in [6, 6.07) is 0. The molecule has 2 aliphatic heterocycles. The molecule has 0 amide bonds. The number of aliphatic hydroxyl groups excluding tert-OH is 7. The molecule has 9 atom stereocenters. The summed E-state index contributed by atoms with van der Waals surface area (Å²) in [7, 11) is 0. The molecule has 2 saturated heterocycles. The molecule has 0 radical (unpaired) electrons. The zero-order valence-corrected chi connectivity index (χ0v) is 13.9. The number of aliphatic hydroxyl groups is 8. The van der Waals surface area contributed by atoms with E-state index < -0.39 is 79.9 Å². The average Bonchev–Trinajstić information content (AvgIpc) is 2.87. The predicted molar refractivity (Wildman–Crippen MR) is 78.3 cm³/mol. The number of hydrogen-bond acceptors (Lipinski definition) is 12. The Morgan fingerprint density at radius 1 is 1.04 bits per heavy atom. The van der Waals surface area contributed by atoms with E-state index in [1.165, 1.54) is 0 Å². The maximum absolute atomic E-state index is 11.7. The summed E-state index contributed by atoms with van der Waals surface area (Å²) in [5, 5.41) is 78.6. The highest BCUT2D eigenvalue weighted by atomic mass is 16.8. The molecule has 2 aliphatic rings. The Hall–Kier alpha value is -0.770. The summed E-state index contributed by atoms with van der Waals surface area (Å²) in [6.45, 7) is -1.77. The van der Waals surface area contributed by atoms with Crippen LogP contribution in [0.15, 0.2) is 0 Å². The maximum Gasteiger partial charge on any atom is 0.224 e. The number of hydrogen-bond donors (Lipinski definition) is 8. The van der Waals surface area contributed by atoms with E-state index in [9.17, 15) is 40.5 Å². The fraction of sp³-hybridized carbons (Fsp3) is 0.929.